The number of aromatic nitrogens is 4. The molecular weight excluding hydrogens is 397 g/mol. The van der Waals surface area contributed by atoms with Gasteiger partial charge in [-0.3, -0.25) is 9.51 Å². The average molecular weight is 412 g/mol. The normalized spacial score (nSPS) is 11.0. The molecule has 9 nitrogen and oxygen atoms in total. The zero-order valence-electron chi connectivity index (χ0n) is 14.3. The molecule has 3 N–H and O–H groups in total. The van der Waals surface area contributed by atoms with E-state index >= 15 is 0 Å². The predicted molar refractivity (Wildman–Crippen MR) is 98.8 cm³/mol. The third kappa shape index (κ3) is 4.50. The van der Waals surface area contributed by atoms with E-state index in [1.807, 2.05) is 13.8 Å². The Labute approximate surface area is 163 Å². The summed E-state index contributed by atoms with van der Waals surface area (Å²) >= 11 is 12.5. The van der Waals surface area contributed by atoms with Gasteiger partial charge in [0.15, 0.2) is 17.3 Å². The Bertz CT molecular complexity index is 995. The van der Waals surface area contributed by atoms with Crippen LogP contribution >= 0.6 is 23.2 Å². The van der Waals surface area contributed by atoms with Crippen molar-refractivity contribution < 1.29 is 14.4 Å². The third-order valence-electron chi connectivity index (χ3n) is 3.46. The molecule has 0 amide bonds. The van der Waals surface area contributed by atoms with E-state index in [0.717, 1.165) is 0 Å². The summed E-state index contributed by atoms with van der Waals surface area (Å²) in [4.78, 5) is 21.4. The second-order valence-electron chi connectivity index (χ2n) is 5.84. The fourth-order valence-corrected chi connectivity index (χ4v) is 2.78. The summed E-state index contributed by atoms with van der Waals surface area (Å²) in [7, 11) is 0. The first-order chi connectivity index (χ1) is 12.8. The second-order valence-corrected chi connectivity index (χ2v) is 6.66. The number of nitrogens with one attached hydrogen (secondary N) is 2. The lowest BCUT2D eigenvalue weighted by molar-refractivity contribution is 0.382. The highest BCUT2D eigenvalue weighted by Gasteiger charge is 2.15. The fourth-order valence-electron chi connectivity index (χ4n) is 2.22. The van der Waals surface area contributed by atoms with Gasteiger partial charge in [-0.1, -0.05) is 42.2 Å². The van der Waals surface area contributed by atoms with Gasteiger partial charge in [0, 0.05) is 5.69 Å². The molecule has 3 aromatic rings. The summed E-state index contributed by atoms with van der Waals surface area (Å²) in [5, 5.41) is 16.8. The van der Waals surface area contributed by atoms with Crippen molar-refractivity contribution in [2.75, 3.05) is 5.32 Å². The number of aromatic amines is 1. The maximum absolute atomic E-state index is 10.9. The van der Waals surface area contributed by atoms with E-state index in [2.05, 4.69) is 29.9 Å². The van der Waals surface area contributed by atoms with Crippen LogP contribution in [0.2, 0.25) is 10.0 Å². The molecule has 0 fully saturated rings. The molecule has 0 bridgehead atoms. The second kappa shape index (κ2) is 7.85. The molecule has 2 aromatic heterocycles. The first-order valence-corrected chi connectivity index (χ1v) is 8.60. The Balaban J connectivity index is 1.78. The van der Waals surface area contributed by atoms with Gasteiger partial charge < -0.3 is 15.2 Å². The molecule has 0 radical (unpaired) electrons. The van der Waals surface area contributed by atoms with E-state index in [-0.39, 0.29) is 40.0 Å². The van der Waals surface area contributed by atoms with Crippen molar-refractivity contribution in [3.05, 3.63) is 50.4 Å². The maximum Gasteiger partial charge on any atom is 0.438 e. The minimum absolute atomic E-state index is 0.0139. The number of nitrogens with zero attached hydrogens (tertiary/aromatic N) is 3. The number of benzene rings is 1. The molecule has 3 rings (SSSR count). The van der Waals surface area contributed by atoms with E-state index in [9.17, 15) is 9.90 Å². The highest BCUT2D eigenvalue weighted by atomic mass is 35.5. The summed E-state index contributed by atoms with van der Waals surface area (Å²) < 4.78 is 10.0. The first-order valence-electron chi connectivity index (χ1n) is 7.85. The molecule has 0 aliphatic carbocycles. The van der Waals surface area contributed by atoms with E-state index in [0.29, 0.717) is 17.2 Å². The van der Waals surface area contributed by atoms with E-state index in [1.54, 1.807) is 12.1 Å². The topological polar surface area (TPSA) is 126 Å². The predicted octanol–water partition coefficient (Wildman–Crippen LogP) is 3.69. The van der Waals surface area contributed by atoms with Crippen molar-refractivity contribution in [3.63, 3.8) is 0 Å². The molecule has 142 valence electrons. The molecule has 0 saturated carbocycles. The highest BCUT2D eigenvalue weighted by molar-refractivity contribution is 6.37. The van der Waals surface area contributed by atoms with Crippen molar-refractivity contribution in [2.24, 2.45) is 0 Å². The van der Waals surface area contributed by atoms with Crippen molar-refractivity contribution >= 4 is 28.9 Å². The number of hydrogen-bond donors (Lipinski definition) is 3. The van der Waals surface area contributed by atoms with Gasteiger partial charge in [-0.15, -0.1) is 0 Å². The molecule has 0 spiro atoms. The molecular formula is C16H15Cl2N5O4. The van der Waals surface area contributed by atoms with Crippen molar-refractivity contribution in [2.45, 2.75) is 26.3 Å². The lowest BCUT2D eigenvalue weighted by Gasteiger charge is -2.13. The van der Waals surface area contributed by atoms with Gasteiger partial charge in [0.1, 0.15) is 0 Å². The molecule has 1 aromatic carbocycles. The summed E-state index contributed by atoms with van der Waals surface area (Å²) in [5.74, 6) is -0.164. The molecule has 0 aliphatic rings. The zero-order valence-corrected chi connectivity index (χ0v) is 15.8. The largest absolute Gasteiger partial charge is 0.504 e. The molecule has 0 unspecified atom stereocenters. The molecule has 27 heavy (non-hydrogen) atoms. The quantitative estimate of drug-likeness (QED) is 0.560. The number of aromatic hydroxyl groups is 1. The van der Waals surface area contributed by atoms with Gasteiger partial charge >= 0.3 is 11.8 Å². The zero-order chi connectivity index (χ0) is 19.6. The highest BCUT2D eigenvalue weighted by Crippen LogP contribution is 2.38. The Morgan fingerprint density at radius 3 is 2.63 bits per heavy atom. The van der Waals surface area contributed by atoms with Crippen LogP contribution in [-0.2, 0) is 6.54 Å². The van der Waals surface area contributed by atoms with E-state index in [1.165, 1.54) is 6.20 Å². The summed E-state index contributed by atoms with van der Waals surface area (Å²) in [6, 6.07) is 3.19. The number of H-pyrrole nitrogens is 1. The standard InChI is InChI=1S/C16H15Cl2N5O4/c1-7(2)13-11(24)5-20-15(22-13)26-14-9(17)3-8(4-10(14)18)19-6-12-21-16(25)27-23-12/h3-5,7,19,24H,6H2,1-2H3,(H,21,23,25). The van der Waals surface area contributed by atoms with Crippen molar-refractivity contribution in [3.8, 4) is 17.5 Å². The van der Waals surface area contributed by atoms with Gasteiger partial charge in [-0.05, 0) is 18.1 Å². The van der Waals surface area contributed by atoms with E-state index in [4.69, 9.17) is 27.9 Å². The molecule has 0 aliphatic heterocycles. The summed E-state index contributed by atoms with van der Waals surface area (Å²) in [5.41, 5.74) is 1.03. The SMILES string of the molecule is CC(C)c1nc(Oc2c(Cl)cc(NCc3noc(=O)[nH]3)cc2Cl)ncc1O. The smallest absolute Gasteiger partial charge is 0.438 e. The maximum atomic E-state index is 10.9. The number of rotatable bonds is 6. The Kier molecular flexibility index (Phi) is 5.52. The van der Waals surface area contributed by atoms with Crippen LogP contribution in [0.4, 0.5) is 5.69 Å². The summed E-state index contributed by atoms with van der Waals surface area (Å²) in [6.07, 6.45) is 1.26. The van der Waals surface area contributed by atoms with Crippen LogP contribution in [0, 0.1) is 0 Å². The van der Waals surface area contributed by atoms with Crippen LogP contribution < -0.4 is 15.8 Å². The lowest BCUT2D eigenvalue weighted by atomic mass is 10.1. The van der Waals surface area contributed by atoms with Gasteiger partial charge in [0.25, 0.3) is 0 Å². The van der Waals surface area contributed by atoms with Gasteiger partial charge in [0.2, 0.25) is 0 Å². The number of halogens is 2. The first kappa shape index (κ1) is 19.0. The number of hydrogen-bond acceptors (Lipinski definition) is 8. The van der Waals surface area contributed by atoms with Crippen molar-refractivity contribution in [1.82, 2.24) is 20.1 Å². The molecule has 11 heteroatoms. The molecule has 0 saturated heterocycles. The van der Waals surface area contributed by atoms with E-state index < -0.39 is 5.76 Å². The lowest BCUT2D eigenvalue weighted by Crippen LogP contribution is -2.04. The van der Waals surface area contributed by atoms with Gasteiger partial charge in [-0.2, -0.15) is 9.97 Å². The van der Waals surface area contributed by atoms with Crippen LogP contribution in [0.5, 0.6) is 17.5 Å². The molecule has 0 atom stereocenters. The van der Waals surface area contributed by atoms with Gasteiger partial charge in [0.05, 0.1) is 28.5 Å². The monoisotopic (exact) mass is 411 g/mol. The van der Waals surface area contributed by atoms with Crippen LogP contribution in [0.1, 0.15) is 31.3 Å². The third-order valence-corrected chi connectivity index (χ3v) is 4.02. The number of anilines is 1. The Morgan fingerprint density at radius 2 is 2.04 bits per heavy atom. The fraction of sp³-hybridized carbons (Fsp3) is 0.250. The minimum Gasteiger partial charge on any atom is -0.504 e. The van der Waals surface area contributed by atoms with Crippen LogP contribution in [-0.4, -0.2) is 25.2 Å². The Hall–Kier alpha value is -2.78. The van der Waals surface area contributed by atoms with Crippen LogP contribution in [0.3, 0.4) is 0 Å². The van der Waals surface area contributed by atoms with Gasteiger partial charge in [-0.25, -0.2) is 4.79 Å². The molecule has 2 heterocycles. The average Bonchev–Trinajstić information content (AvgIpc) is 3.03. The van der Waals surface area contributed by atoms with Crippen molar-refractivity contribution in [1.29, 1.82) is 0 Å². The Morgan fingerprint density at radius 1 is 1.33 bits per heavy atom. The summed E-state index contributed by atoms with van der Waals surface area (Å²) in [6.45, 7) is 3.97. The minimum atomic E-state index is -0.638. The number of ether oxygens (including phenoxy) is 1. The van der Waals surface area contributed by atoms with Crippen LogP contribution in [0.25, 0.3) is 0 Å². The van der Waals surface area contributed by atoms with Crippen LogP contribution in [0.15, 0.2) is 27.6 Å².